The van der Waals surface area contributed by atoms with E-state index in [1.807, 2.05) is 0 Å². The van der Waals surface area contributed by atoms with Gasteiger partial charge >= 0.3 is 0 Å². The number of rotatable bonds is 2. The molecular formula is C18H21NO3. The Kier molecular flexibility index (Phi) is 3.22. The second-order valence-electron chi connectivity index (χ2n) is 6.43. The van der Waals surface area contributed by atoms with E-state index in [-0.39, 0.29) is 29.6 Å². The zero-order valence-electron chi connectivity index (χ0n) is 12.9. The van der Waals surface area contributed by atoms with Crippen LogP contribution < -0.4 is 5.32 Å². The number of carbonyl (C=O) groups excluding carboxylic acids is 1. The summed E-state index contributed by atoms with van der Waals surface area (Å²) in [5.41, 5.74) is 1.26. The molecule has 6 unspecified atom stereocenters. The molecule has 4 nitrogen and oxygen atoms in total. The standard InChI is InChI=1S/C18H21NO3/c1-21-15-9-14(20)11-7-8-13-16(17(11)18(15)22-2)10-5-3-4-6-12(10)19-13/h3-6,8-12,16-19H,7H2,1-2H3. The molecule has 1 fully saturated rings. The molecule has 4 heteroatoms. The van der Waals surface area contributed by atoms with Crippen LogP contribution in [0, 0.1) is 23.7 Å². The number of ketones is 1. The zero-order valence-corrected chi connectivity index (χ0v) is 12.9. The predicted molar refractivity (Wildman–Crippen MR) is 82.8 cm³/mol. The maximum atomic E-state index is 12.5. The largest absolute Gasteiger partial charge is 0.498 e. The number of nitrogens with one attached hydrogen (secondary N) is 1. The predicted octanol–water partition coefficient (Wildman–Crippen LogP) is 1.96. The average Bonchev–Trinajstić information content (AvgIpc) is 2.93. The minimum absolute atomic E-state index is 0.00236. The first-order chi connectivity index (χ1) is 10.7. The fourth-order valence-corrected chi connectivity index (χ4v) is 4.60. The second-order valence-corrected chi connectivity index (χ2v) is 6.43. The SMILES string of the molecule is COC1=CC(=O)C2CC=C3NC4C=CC=CC4C3C2C1OC. The van der Waals surface area contributed by atoms with Crippen molar-refractivity contribution in [2.75, 3.05) is 14.2 Å². The fourth-order valence-electron chi connectivity index (χ4n) is 4.60. The monoisotopic (exact) mass is 299 g/mol. The molecule has 116 valence electrons. The molecule has 0 aromatic rings. The lowest BCUT2D eigenvalue weighted by Gasteiger charge is -2.43. The third kappa shape index (κ3) is 1.83. The first-order valence-electron chi connectivity index (χ1n) is 7.88. The van der Waals surface area contributed by atoms with E-state index in [9.17, 15) is 4.79 Å². The lowest BCUT2D eigenvalue weighted by atomic mass is 9.63. The van der Waals surface area contributed by atoms with Crippen molar-refractivity contribution in [2.45, 2.75) is 18.6 Å². The topological polar surface area (TPSA) is 47.6 Å². The molecule has 4 rings (SSSR count). The van der Waals surface area contributed by atoms with E-state index in [1.165, 1.54) is 5.70 Å². The lowest BCUT2D eigenvalue weighted by molar-refractivity contribution is -0.126. The Morgan fingerprint density at radius 2 is 2.05 bits per heavy atom. The van der Waals surface area contributed by atoms with Crippen molar-refractivity contribution in [3.05, 3.63) is 47.9 Å². The van der Waals surface area contributed by atoms with Crippen molar-refractivity contribution in [2.24, 2.45) is 23.7 Å². The van der Waals surface area contributed by atoms with Gasteiger partial charge in [-0.05, 0) is 6.42 Å². The van der Waals surface area contributed by atoms with Crippen LogP contribution in [-0.2, 0) is 14.3 Å². The third-order valence-corrected chi connectivity index (χ3v) is 5.53. The third-order valence-electron chi connectivity index (χ3n) is 5.53. The number of methoxy groups -OCH3 is 2. The number of hydrogen-bond acceptors (Lipinski definition) is 4. The first kappa shape index (κ1) is 13.8. The number of allylic oxidation sites excluding steroid dienone is 5. The summed E-state index contributed by atoms with van der Waals surface area (Å²) < 4.78 is 11.2. The van der Waals surface area contributed by atoms with Gasteiger partial charge in [-0.2, -0.15) is 0 Å². The summed E-state index contributed by atoms with van der Waals surface area (Å²) in [7, 11) is 3.32. The van der Waals surface area contributed by atoms with Crippen LogP contribution in [0.4, 0.5) is 0 Å². The molecule has 0 amide bonds. The van der Waals surface area contributed by atoms with Gasteiger partial charge in [0.15, 0.2) is 5.78 Å². The maximum absolute atomic E-state index is 12.5. The van der Waals surface area contributed by atoms with E-state index in [1.54, 1.807) is 20.3 Å². The van der Waals surface area contributed by atoms with Crippen LogP contribution >= 0.6 is 0 Å². The van der Waals surface area contributed by atoms with Crippen LogP contribution in [-0.4, -0.2) is 32.1 Å². The fraction of sp³-hybridized carbons (Fsp3) is 0.500. The van der Waals surface area contributed by atoms with Crippen molar-refractivity contribution in [1.82, 2.24) is 5.32 Å². The molecule has 1 aliphatic heterocycles. The quantitative estimate of drug-likeness (QED) is 0.847. The highest BCUT2D eigenvalue weighted by molar-refractivity contribution is 5.94. The Morgan fingerprint density at radius 1 is 1.23 bits per heavy atom. The van der Waals surface area contributed by atoms with E-state index in [4.69, 9.17) is 9.47 Å². The van der Waals surface area contributed by atoms with Crippen molar-refractivity contribution in [1.29, 1.82) is 0 Å². The van der Waals surface area contributed by atoms with Gasteiger partial charge in [0, 0.05) is 42.6 Å². The highest BCUT2D eigenvalue weighted by Gasteiger charge is 2.53. The molecular weight excluding hydrogens is 278 g/mol. The number of ether oxygens (including phenoxy) is 2. The molecule has 0 spiro atoms. The van der Waals surface area contributed by atoms with Crippen LogP contribution in [0.1, 0.15) is 6.42 Å². The van der Waals surface area contributed by atoms with Gasteiger partial charge < -0.3 is 14.8 Å². The first-order valence-corrected chi connectivity index (χ1v) is 7.88. The molecule has 1 heterocycles. The van der Waals surface area contributed by atoms with Gasteiger partial charge in [-0.1, -0.05) is 30.4 Å². The minimum atomic E-state index is -0.152. The lowest BCUT2D eigenvalue weighted by Crippen LogP contribution is -2.46. The number of carbonyl (C=O) groups is 1. The van der Waals surface area contributed by atoms with Gasteiger partial charge in [0.2, 0.25) is 0 Å². The second kappa shape index (κ2) is 5.13. The smallest absolute Gasteiger partial charge is 0.162 e. The highest BCUT2D eigenvalue weighted by Crippen LogP contribution is 2.50. The van der Waals surface area contributed by atoms with Crippen LogP contribution in [0.2, 0.25) is 0 Å². The Labute approximate surface area is 130 Å². The number of fused-ring (bicyclic) bond motifs is 5. The van der Waals surface area contributed by atoms with E-state index in [2.05, 4.69) is 35.7 Å². The van der Waals surface area contributed by atoms with Crippen molar-refractivity contribution in [3.8, 4) is 0 Å². The van der Waals surface area contributed by atoms with Gasteiger partial charge in [-0.15, -0.1) is 0 Å². The molecule has 0 aromatic carbocycles. The van der Waals surface area contributed by atoms with E-state index in [0.717, 1.165) is 6.42 Å². The molecule has 3 aliphatic carbocycles. The summed E-state index contributed by atoms with van der Waals surface area (Å²) in [5.74, 6) is 1.63. The average molecular weight is 299 g/mol. The maximum Gasteiger partial charge on any atom is 0.162 e. The molecule has 0 bridgehead atoms. The van der Waals surface area contributed by atoms with Crippen molar-refractivity contribution >= 4 is 5.78 Å². The van der Waals surface area contributed by atoms with Crippen molar-refractivity contribution < 1.29 is 14.3 Å². The Morgan fingerprint density at radius 3 is 2.82 bits per heavy atom. The molecule has 0 saturated carbocycles. The molecule has 22 heavy (non-hydrogen) atoms. The van der Waals surface area contributed by atoms with Crippen LogP contribution in [0.25, 0.3) is 0 Å². The summed E-state index contributed by atoms with van der Waals surface area (Å²) in [6.45, 7) is 0. The zero-order chi connectivity index (χ0) is 15.3. The summed E-state index contributed by atoms with van der Waals surface area (Å²) in [6, 6.07) is 0.324. The molecule has 6 atom stereocenters. The molecule has 1 N–H and O–H groups in total. The minimum Gasteiger partial charge on any atom is -0.498 e. The Hall–Kier alpha value is -1.81. The Bertz CT molecular complexity index is 616. The Balaban J connectivity index is 1.77. The van der Waals surface area contributed by atoms with Gasteiger partial charge in [0.25, 0.3) is 0 Å². The van der Waals surface area contributed by atoms with Gasteiger partial charge in [0.05, 0.1) is 13.2 Å². The summed E-state index contributed by atoms with van der Waals surface area (Å²) in [5, 5.41) is 3.62. The molecule has 0 radical (unpaired) electrons. The summed E-state index contributed by atoms with van der Waals surface area (Å²) >= 11 is 0. The van der Waals surface area contributed by atoms with Crippen molar-refractivity contribution in [3.63, 3.8) is 0 Å². The van der Waals surface area contributed by atoms with Gasteiger partial charge in [-0.25, -0.2) is 0 Å². The molecule has 0 aromatic heterocycles. The van der Waals surface area contributed by atoms with E-state index < -0.39 is 0 Å². The summed E-state index contributed by atoms with van der Waals surface area (Å²) in [4.78, 5) is 12.5. The van der Waals surface area contributed by atoms with E-state index >= 15 is 0 Å². The van der Waals surface area contributed by atoms with Gasteiger partial charge in [0.1, 0.15) is 11.9 Å². The van der Waals surface area contributed by atoms with Crippen LogP contribution in [0.3, 0.4) is 0 Å². The highest BCUT2D eigenvalue weighted by atomic mass is 16.5. The molecule has 1 saturated heterocycles. The van der Waals surface area contributed by atoms with Crippen LogP contribution in [0.15, 0.2) is 47.9 Å². The van der Waals surface area contributed by atoms with Crippen LogP contribution in [0.5, 0.6) is 0 Å². The van der Waals surface area contributed by atoms with Gasteiger partial charge in [-0.3, -0.25) is 4.79 Å². The molecule has 4 aliphatic rings. The normalized spacial score (nSPS) is 41.8. The summed E-state index contributed by atoms with van der Waals surface area (Å²) in [6.07, 6.45) is 13.1. The van der Waals surface area contributed by atoms with E-state index in [0.29, 0.717) is 17.7 Å². The number of hydrogen-bond donors (Lipinski definition) is 1.